The molecule has 0 unspecified atom stereocenters. The van der Waals surface area contributed by atoms with Gasteiger partial charge < -0.3 is 4.90 Å². The summed E-state index contributed by atoms with van der Waals surface area (Å²) in [5, 5.41) is 0.895. The van der Waals surface area contributed by atoms with E-state index in [9.17, 15) is 8.42 Å². The number of anilines is 1. The maximum absolute atomic E-state index is 11.2. The summed E-state index contributed by atoms with van der Waals surface area (Å²) in [7, 11) is -2.79. The molecule has 1 aliphatic heterocycles. The lowest BCUT2D eigenvalue weighted by Gasteiger charge is -2.25. The lowest BCUT2D eigenvalue weighted by Crippen LogP contribution is -2.40. The minimum atomic E-state index is -2.79. The molecule has 0 N–H and O–H groups in total. The minimum absolute atomic E-state index is 0.240. The highest BCUT2D eigenvalue weighted by molar-refractivity contribution is 9.11. The van der Waals surface area contributed by atoms with Crippen LogP contribution in [0.1, 0.15) is 0 Å². The zero-order valence-electron chi connectivity index (χ0n) is 7.31. The van der Waals surface area contributed by atoms with Crippen molar-refractivity contribution in [2.75, 3.05) is 29.5 Å². The van der Waals surface area contributed by atoms with Crippen LogP contribution >= 0.6 is 27.3 Å². The molecule has 1 saturated heterocycles. The Labute approximate surface area is 95.0 Å². The third-order valence-corrected chi connectivity index (χ3v) is 5.23. The van der Waals surface area contributed by atoms with Crippen molar-refractivity contribution in [1.29, 1.82) is 0 Å². The van der Waals surface area contributed by atoms with Gasteiger partial charge in [0.15, 0.2) is 15.0 Å². The summed E-state index contributed by atoms with van der Waals surface area (Å²) in [4.78, 5) is 6.20. The largest absolute Gasteiger partial charge is 0.346 e. The molecule has 7 heteroatoms. The molecule has 78 valence electrons. The Morgan fingerprint density at radius 3 is 2.57 bits per heavy atom. The van der Waals surface area contributed by atoms with E-state index < -0.39 is 9.84 Å². The summed E-state index contributed by atoms with van der Waals surface area (Å²) in [5.41, 5.74) is 0. The van der Waals surface area contributed by atoms with Crippen LogP contribution in [0.15, 0.2) is 9.98 Å². The Morgan fingerprint density at radius 1 is 1.43 bits per heavy atom. The minimum Gasteiger partial charge on any atom is -0.346 e. The molecule has 1 aliphatic rings. The van der Waals surface area contributed by atoms with Crippen LogP contribution in [0, 0.1) is 0 Å². The number of hydrogen-bond donors (Lipinski definition) is 0. The monoisotopic (exact) mass is 296 g/mol. The molecular formula is C7H9BrN2O2S2. The van der Waals surface area contributed by atoms with Gasteiger partial charge in [-0.3, -0.25) is 0 Å². The molecule has 2 heterocycles. The second kappa shape index (κ2) is 3.79. The molecule has 0 bridgehead atoms. The molecule has 0 aliphatic carbocycles. The van der Waals surface area contributed by atoms with Gasteiger partial charge in [0.1, 0.15) is 0 Å². The number of hydrogen-bond acceptors (Lipinski definition) is 5. The van der Waals surface area contributed by atoms with Crippen LogP contribution in [-0.4, -0.2) is 38.0 Å². The predicted molar refractivity (Wildman–Crippen MR) is 60.7 cm³/mol. The first-order valence-electron chi connectivity index (χ1n) is 4.13. The van der Waals surface area contributed by atoms with Crippen molar-refractivity contribution in [3.63, 3.8) is 0 Å². The molecule has 0 aromatic carbocycles. The number of nitrogens with zero attached hydrogens (tertiary/aromatic N) is 2. The third-order valence-electron chi connectivity index (χ3n) is 2.08. The summed E-state index contributed by atoms with van der Waals surface area (Å²) in [6.07, 6.45) is 1.74. The summed E-state index contributed by atoms with van der Waals surface area (Å²) in [6, 6.07) is 0. The van der Waals surface area contributed by atoms with Gasteiger partial charge in [-0.1, -0.05) is 11.3 Å². The fraction of sp³-hybridized carbons (Fsp3) is 0.571. The summed E-state index contributed by atoms with van der Waals surface area (Å²) in [6.45, 7) is 1.12. The number of sulfone groups is 1. The SMILES string of the molecule is O=S1(=O)CCN(c2ncc(Br)s2)CC1. The average molecular weight is 297 g/mol. The van der Waals surface area contributed by atoms with Crippen molar-refractivity contribution in [3.8, 4) is 0 Å². The normalized spacial score (nSPS) is 21.1. The molecule has 1 fully saturated rings. The number of aromatic nitrogens is 1. The molecular weight excluding hydrogens is 288 g/mol. The second-order valence-corrected chi connectivity index (χ2v) is 7.78. The highest BCUT2D eigenvalue weighted by Gasteiger charge is 2.23. The highest BCUT2D eigenvalue weighted by atomic mass is 79.9. The smallest absolute Gasteiger partial charge is 0.186 e. The molecule has 0 atom stereocenters. The van der Waals surface area contributed by atoms with Gasteiger partial charge in [-0.05, 0) is 15.9 Å². The van der Waals surface area contributed by atoms with Crippen molar-refractivity contribution in [3.05, 3.63) is 9.98 Å². The van der Waals surface area contributed by atoms with E-state index in [4.69, 9.17) is 0 Å². The Hall–Kier alpha value is -0.140. The molecule has 1 aromatic rings. The van der Waals surface area contributed by atoms with Crippen molar-refractivity contribution < 1.29 is 8.42 Å². The van der Waals surface area contributed by atoms with E-state index in [2.05, 4.69) is 20.9 Å². The van der Waals surface area contributed by atoms with E-state index in [1.165, 1.54) is 11.3 Å². The van der Waals surface area contributed by atoms with Crippen molar-refractivity contribution >= 4 is 42.2 Å². The van der Waals surface area contributed by atoms with E-state index in [0.29, 0.717) is 13.1 Å². The molecule has 2 rings (SSSR count). The van der Waals surface area contributed by atoms with Gasteiger partial charge in [0.05, 0.1) is 21.5 Å². The van der Waals surface area contributed by atoms with Gasteiger partial charge in [0.25, 0.3) is 0 Å². The zero-order valence-corrected chi connectivity index (χ0v) is 10.5. The van der Waals surface area contributed by atoms with Crippen molar-refractivity contribution in [2.24, 2.45) is 0 Å². The molecule has 4 nitrogen and oxygen atoms in total. The first kappa shape index (κ1) is 10.4. The quantitative estimate of drug-likeness (QED) is 0.780. The van der Waals surface area contributed by atoms with Gasteiger partial charge in [-0.15, -0.1) is 0 Å². The Kier molecular flexibility index (Phi) is 2.81. The van der Waals surface area contributed by atoms with E-state index >= 15 is 0 Å². The van der Waals surface area contributed by atoms with Crippen LogP contribution in [0.5, 0.6) is 0 Å². The standard InChI is InChI=1S/C7H9BrN2O2S2/c8-6-5-9-7(13-6)10-1-3-14(11,12)4-2-10/h5H,1-4H2. The fourth-order valence-corrected chi connectivity index (χ4v) is 3.73. The van der Waals surface area contributed by atoms with Crippen LogP contribution in [0.4, 0.5) is 5.13 Å². The Bertz CT molecular complexity index is 415. The fourth-order valence-electron chi connectivity index (χ4n) is 1.30. The van der Waals surface area contributed by atoms with E-state index in [1.54, 1.807) is 6.20 Å². The number of rotatable bonds is 1. The summed E-state index contributed by atoms with van der Waals surface area (Å²) >= 11 is 4.86. The Morgan fingerprint density at radius 2 is 2.07 bits per heavy atom. The van der Waals surface area contributed by atoms with Gasteiger partial charge in [0.2, 0.25) is 0 Å². The van der Waals surface area contributed by atoms with Gasteiger partial charge in [-0.2, -0.15) is 0 Å². The third kappa shape index (κ3) is 2.26. The molecule has 0 saturated carbocycles. The maximum atomic E-state index is 11.2. The summed E-state index contributed by atoms with van der Waals surface area (Å²) in [5.74, 6) is 0.481. The number of thiazole rings is 1. The number of halogens is 1. The topological polar surface area (TPSA) is 50.3 Å². The van der Waals surface area contributed by atoms with E-state index in [-0.39, 0.29) is 11.5 Å². The molecule has 0 radical (unpaired) electrons. The van der Waals surface area contributed by atoms with Crippen molar-refractivity contribution in [1.82, 2.24) is 4.98 Å². The zero-order chi connectivity index (χ0) is 10.2. The highest BCUT2D eigenvalue weighted by Crippen LogP contribution is 2.27. The van der Waals surface area contributed by atoms with Crippen LogP contribution < -0.4 is 4.90 Å². The van der Waals surface area contributed by atoms with Gasteiger partial charge in [-0.25, -0.2) is 13.4 Å². The molecule has 14 heavy (non-hydrogen) atoms. The molecule has 1 aromatic heterocycles. The van der Waals surface area contributed by atoms with Crippen LogP contribution in [0.3, 0.4) is 0 Å². The van der Waals surface area contributed by atoms with Gasteiger partial charge in [0, 0.05) is 13.1 Å². The van der Waals surface area contributed by atoms with Crippen LogP contribution in [0.25, 0.3) is 0 Å². The average Bonchev–Trinajstić information content (AvgIpc) is 2.52. The first-order valence-corrected chi connectivity index (χ1v) is 7.57. The predicted octanol–water partition coefficient (Wildman–Crippen LogP) is 1.14. The maximum Gasteiger partial charge on any atom is 0.186 e. The van der Waals surface area contributed by atoms with Gasteiger partial charge >= 0.3 is 0 Å². The van der Waals surface area contributed by atoms with E-state index in [1.807, 2.05) is 4.90 Å². The first-order chi connectivity index (χ1) is 6.57. The molecule has 0 amide bonds. The van der Waals surface area contributed by atoms with Crippen molar-refractivity contribution in [2.45, 2.75) is 0 Å². The van der Waals surface area contributed by atoms with E-state index in [0.717, 1.165) is 8.92 Å². The summed E-state index contributed by atoms with van der Waals surface area (Å²) < 4.78 is 23.3. The lowest BCUT2D eigenvalue weighted by molar-refractivity contribution is 0.586. The second-order valence-electron chi connectivity index (χ2n) is 3.09. The molecule has 0 spiro atoms. The Balaban J connectivity index is 2.09. The van der Waals surface area contributed by atoms with Crippen LogP contribution in [0.2, 0.25) is 0 Å². The van der Waals surface area contributed by atoms with Crippen LogP contribution in [-0.2, 0) is 9.84 Å². The lowest BCUT2D eigenvalue weighted by atomic mass is 10.5.